The van der Waals surface area contributed by atoms with Crippen LogP contribution in [-0.2, 0) is 14.9 Å². The van der Waals surface area contributed by atoms with Crippen molar-refractivity contribution in [2.24, 2.45) is 0 Å². The second kappa shape index (κ2) is 7.29. The summed E-state index contributed by atoms with van der Waals surface area (Å²) >= 11 is 5.98. The van der Waals surface area contributed by atoms with Gasteiger partial charge in [0.2, 0.25) is 0 Å². The smallest absolute Gasteiger partial charge is 0.304 e. The lowest BCUT2D eigenvalue weighted by molar-refractivity contribution is -0.145. The Labute approximate surface area is 161 Å². The lowest BCUT2D eigenvalue weighted by Gasteiger charge is -2.40. The van der Waals surface area contributed by atoms with Gasteiger partial charge in [-0.05, 0) is 29.8 Å². The average Bonchev–Trinajstić information content (AvgIpc) is 2.63. The molecule has 142 valence electrons. The van der Waals surface area contributed by atoms with Crippen LogP contribution in [0.15, 0.2) is 42.5 Å². The monoisotopic (exact) mass is 390 g/mol. The summed E-state index contributed by atoms with van der Waals surface area (Å²) in [6, 6.07) is 12.7. The van der Waals surface area contributed by atoms with Crippen LogP contribution in [0.5, 0.6) is 17.2 Å². The van der Waals surface area contributed by atoms with Crippen LogP contribution < -0.4 is 14.2 Å². The summed E-state index contributed by atoms with van der Waals surface area (Å²) in [4.78, 5) is 11.1. The Bertz CT molecular complexity index is 831. The highest BCUT2D eigenvalue weighted by atomic mass is 35.5. The summed E-state index contributed by atoms with van der Waals surface area (Å²) in [5.74, 6) is 1.14. The molecule has 0 radical (unpaired) electrons. The molecule has 4 rings (SSSR count). The summed E-state index contributed by atoms with van der Waals surface area (Å²) < 4.78 is 22.6. The van der Waals surface area contributed by atoms with E-state index >= 15 is 0 Å². The van der Waals surface area contributed by atoms with Crippen LogP contribution in [0.4, 0.5) is 0 Å². The molecular weight excluding hydrogens is 372 g/mol. The van der Waals surface area contributed by atoms with Crippen molar-refractivity contribution in [2.75, 3.05) is 26.4 Å². The van der Waals surface area contributed by atoms with Crippen molar-refractivity contribution in [3.8, 4) is 17.2 Å². The molecule has 0 amide bonds. The molecule has 1 saturated heterocycles. The summed E-state index contributed by atoms with van der Waals surface area (Å²) in [5.41, 5.74) is 0.512. The van der Waals surface area contributed by atoms with Gasteiger partial charge in [0.1, 0.15) is 19.0 Å². The quantitative estimate of drug-likeness (QED) is 0.815. The lowest BCUT2D eigenvalue weighted by atomic mass is 9.76. The minimum atomic E-state index is -0.826. The summed E-state index contributed by atoms with van der Waals surface area (Å²) in [6.45, 7) is 1.57. The number of hydrogen-bond donors (Lipinski definition) is 1. The van der Waals surface area contributed by atoms with Gasteiger partial charge >= 0.3 is 5.97 Å². The fourth-order valence-electron chi connectivity index (χ4n) is 3.27. The molecule has 0 aliphatic carbocycles. The maximum atomic E-state index is 11.1. The number of carbonyl (C=O) groups is 1. The second-order valence-corrected chi connectivity index (χ2v) is 7.26. The van der Waals surface area contributed by atoms with Crippen molar-refractivity contribution < 1.29 is 28.8 Å². The van der Waals surface area contributed by atoms with Gasteiger partial charge in [-0.25, -0.2) is 0 Å². The maximum absolute atomic E-state index is 11.1. The zero-order valence-electron chi connectivity index (χ0n) is 14.5. The molecule has 6 nitrogen and oxygen atoms in total. The van der Waals surface area contributed by atoms with Gasteiger partial charge in [-0.3, -0.25) is 4.79 Å². The highest BCUT2D eigenvalue weighted by Crippen LogP contribution is 2.37. The van der Waals surface area contributed by atoms with Crippen LogP contribution in [0.1, 0.15) is 12.0 Å². The van der Waals surface area contributed by atoms with E-state index in [1.54, 1.807) is 18.2 Å². The van der Waals surface area contributed by atoms with Gasteiger partial charge in [-0.2, -0.15) is 0 Å². The third-order valence-corrected chi connectivity index (χ3v) is 5.01. The molecule has 0 aromatic heterocycles. The molecule has 2 aromatic carbocycles. The minimum absolute atomic E-state index is 0.0580. The number of ether oxygens (including phenoxy) is 4. The Morgan fingerprint density at radius 1 is 1.19 bits per heavy atom. The van der Waals surface area contributed by atoms with Gasteiger partial charge in [0.05, 0.1) is 25.0 Å². The normalized spacial score (nSPS) is 19.8. The molecule has 1 N–H and O–H groups in total. The molecular formula is C20H19ClO6. The largest absolute Gasteiger partial charge is 0.490 e. The standard InChI is InChI=1S/C20H19ClO6/c21-14-3-6-17-18(7-14)27-16(10-26-17)9-25-15-4-1-13(2-5-15)20(8-19(22)23)11-24-12-20/h1-7,16H,8-12H2,(H,22,23)/t16-/m0/s1. The van der Waals surface area contributed by atoms with E-state index in [-0.39, 0.29) is 12.5 Å². The highest BCUT2D eigenvalue weighted by molar-refractivity contribution is 6.30. The molecule has 2 aromatic rings. The van der Waals surface area contributed by atoms with E-state index in [1.807, 2.05) is 24.3 Å². The Balaban J connectivity index is 1.36. The molecule has 1 atom stereocenters. The van der Waals surface area contributed by atoms with Gasteiger partial charge in [-0.1, -0.05) is 23.7 Å². The molecule has 27 heavy (non-hydrogen) atoms. The Morgan fingerprint density at radius 2 is 1.96 bits per heavy atom. The Morgan fingerprint density at radius 3 is 2.63 bits per heavy atom. The molecule has 2 aliphatic rings. The number of hydrogen-bond acceptors (Lipinski definition) is 5. The van der Waals surface area contributed by atoms with Crippen LogP contribution >= 0.6 is 11.6 Å². The van der Waals surface area contributed by atoms with E-state index in [0.29, 0.717) is 48.7 Å². The van der Waals surface area contributed by atoms with Gasteiger partial charge in [0.25, 0.3) is 0 Å². The van der Waals surface area contributed by atoms with Crippen LogP contribution in [0.25, 0.3) is 0 Å². The first kappa shape index (κ1) is 17.9. The molecule has 7 heteroatoms. The van der Waals surface area contributed by atoms with E-state index in [0.717, 1.165) is 5.56 Å². The van der Waals surface area contributed by atoms with Gasteiger partial charge < -0.3 is 24.1 Å². The number of aliphatic carboxylic acids is 1. The number of rotatable bonds is 6. The molecule has 0 bridgehead atoms. The predicted octanol–water partition coefficient (Wildman–Crippen LogP) is 3.30. The number of carboxylic acids is 1. The van der Waals surface area contributed by atoms with Crippen molar-refractivity contribution in [3.05, 3.63) is 53.1 Å². The first-order chi connectivity index (χ1) is 13.0. The van der Waals surface area contributed by atoms with Crippen LogP contribution in [0, 0.1) is 0 Å². The van der Waals surface area contributed by atoms with E-state index < -0.39 is 11.4 Å². The van der Waals surface area contributed by atoms with Crippen molar-refractivity contribution in [1.29, 1.82) is 0 Å². The molecule has 0 spiro atoms. The number of benzene rings is 2. The third-order valence-electron chi connectivity index (χ3n) is 4.77. The van der Waals surface area contributed by atoms with Gasteiger partial charge in [0.15, 0.2) is 17.6 Å². The van der Waals surface area contributed by atoms with Crippen molar-refractivity contribution in [3.63, 3.8) is 0 Å². The van der Waals surface area contributed by atoms with E-state index in [2.05, 4.69) is 0 Å². The SMILES string of the molecule is O=C(O)CC1(c2ccc(OC[C@H]3COc4ccc(Cl)cc4O3)cc2)COC1. The zero-order valence-corrected chi connectivity index (χ0v) is 15.3. The van der Waals surface area contributed by atoms with Crippen LogP contribution in [0.2, 0.25) is 5.02 Å². The second-order valence-electron chi connectivity index (χ2n) is 6.82. The Hall–Kier alpha value is -2.44. The molecule has 2 aliphatic heterocycles. The molecule has 0 saturated carbocycles. The number of fused-ring (bicyclic) bond motifs is 1. The van der Waals surface area contributed by atoms with Crippen LogP contribution in [-0.4, -0.2) is 43.6 Å². The molecule has 1 fully saturated rings. The molecule has 2 heterocycles. The van der Waals surface area contributed by atoms with Crippen molar-refractivity contribution in [1.82, 2.24) is 0 Å². The summed E-state index contributed by atoms with van der Waals surface area (Å²) in [6.07, 6.45) is -0.184. The van der Waals surface area contributed by atoms with Gasteiger partial charge in [0, 0.05) is 11.1 Å². The summed E-state index contributed by atoms with van der Waals surface area (Å²) in [7, 11) is 0. The lowest BCUT2D eigenvalue weighted by Crippen LogP contribution is -2.48. The van der Waals surface area contributed by atoms with Crippen LogP contribution in [0.3, 0.4) is 0 Å². The van der Waals surface area contributed by atoms with E-state index in [4.69, 9.17) is 35.7 Å². The zero-order chi connectivity index (χ0) is 18.9. The third kappa shape index (κ3) is 3.82. The highest BCUT2D eigenvalue weighted by Gasteiger charge is 2.42. The average molecular weight is 391 g/mol. The molecule has 0 unspecified atom stereocenters. The fourth-order valence-corrected chi connectivity index (χ4v) is 3.44. The maximum Gasteiger partial charge on any atom is 0.304 e. The topological polar surface area (TPSA) is 74.2 Å². The van der Waals surface area contributed by atoms with E-state index in [1.165, 1.54) is 0 Å². The fraction of sp³-hybridized carbons (Fsp3) is 0.350. The number of carboxylic acid groups (broad SMARTS) is 1. The summed E-state index contributed by atoms with van der Waals surface area (Å²) in [5, 5.41) is 9.72. The minimum Gasteiger partial charge on any atom is -0.490 e. The number of halogens is 1. The van der Waals surface area contributed by atoms with Crippen molar-refractivity contribution in [2.45, 2.75) is 17.9 Å². The van der Waals surface area contributed by atoms with E-state index in [9.17, 15) is 4.79 Å². The first-order valence-electron chi connectivity index (χ1n) is 8.66. The Kier molecular flexibility index (Phi) is 4.85. The first-order valence-corrected chi connectivity index (χ1v) is 9.04. The van der Waals surface area contributed by atoms with Gasteiger partial charge in [-0.15, -0.1) is 0 Å². The van der Waals surface area contributed by atoms with Crippen molar-refractivity contribution >= 4 is 17.6 Å². The predicted molar refractivity (Wildman–Crippen MR) is 98.0 cm³/mol.